The van der Waals surface area contributed by atoms with Crippen molar-refractivity contribution in [1.82, 2.24) is 4.98 Å². The largest absolute Gasteiger partial charge is 0.396 e. The van der Waals surface area contributed by atoms with E-state index in [2.05, 4.69) is 9.88 Å². The molecule has 1 aliphatic heterocycles. The van der Waals surface area contributed by atoms with Crippen molar-refractivity contribution in [3.8, 4) is 0 Å². The number of hydrogen-bond acceptors (Lipinski definition) is 5. The third kappa shape index (κ3) is 2.25. The third-order valence-corrected chi connectivity index (χ3v) is 2.67. The van der Waals surface area contributed by atoms with Crippen LogP contribution in [0.5, 0.6) is 0 Å². The monoisotopic (exact) mass is 223 g/mol. The van der Waals surface area contributed by atoms with Gasteiger partial charge in [-0.15, -0.1) is 0 Å². The summed E-state index contributed by atoms with van der Waals surface area (Å²) in [5.41, 5.74) is 7.66. The highest BCUT2D eigenvalue weighted by atomic mass is 16.5. The molecule has 5 heteroatoms. The molecule has 1 aliphatic rings. The number of rotatable bonds is 2. The Bertz CT molecular complexity index is 370. The Morgan fingerprint density at radius 2 is 2.50 bits per heavy atom. The Kier molecular flexibility index (Phi) is 3.26. The van der Waals surface area contributed by atoms with Crippen molar-refractivity contribution in [3.63, 3.8) is 0 Å². The van der Waals surface area contributed by atoms with Crippen LogP contribution in [0.4, 0.5) is 11.5 Å². The van der Waals surface area contributed by atoms with Crippen molar-refractivity contribution >= 4 is 11.5 Å². The summed E-state index contributed by atoms with van der Waals surface area (Å²) in [7, 11) is 0. The zero-order valence-corrected chi connectivity index (χ0v) is 9.39. The predicted octanol–water partition coefficient (Wildman–Crippen LogP) is 0.170. The number of hydrogen-bond donors (Lipinski definition) is 2. The molecule has 1 fully saturated rings. The van der Waals surface area contributed by atoms with Crippen LogP contribution in [0.2, 0.25) is 0 Å². The summed E-state index contributed by atoms with van der Waals surface area (Å²) in [5.74, 6) is 0.785. The molecule has 1 unspecified atom stereocenters. The lowest BCUT2D eigenvalue weighted by molar-refractivity contribution is 0.00340. The molecule has 3 N–H and O–H groups in total. The number of ether oxygens (including phenoxy) is 1. The number of nitrogens with two attached hydrogens (primary N) is 1. The van der Waals surface area contributed by atoms with E-state index in [9.17, 15) is 0 Å². The summed E-state index contributed by atoms with van der Waals surface area (Å²) in [5, 5.41) is 9.07. The molecule has 0 aliphatic carbocycles. The molecular weight excluding hydrogens is 206 g/mol. The first-order chi connectivity index (χ1) is 7.70. The lowest BCUT2D eigenvalue weighted by atomic mass is 10.2. The quantitative estimate of drug-likeness (QED) is 0.748. The molecule has 1 atom stereocenters. The van der Waals surface area contributed by atoms with Crippen molar-refractivity contribution in [3.05, 3.63) is 17.8 Å². The van der Waals surface area contributed by atoms with Crippen LogP contribution in [0, 0.1) is 6.92 Å². The average Bonchev–Trinajstić information content (AvgIpc) is 2.29. The van der Waals surface area contributed by atoms with Crippen molar-refractivity contribution in [2.75, 3.05) is 36.9 Å². The van der Waals surface area contributed by atoms with Gasteiger partial charge in [0.15, 0.2) is 5.82 Å². The number of anilines is 2. The molecule has 0 aromatic carbocycles. The summed E-state index contributed by atoms with van der Waals surface area (Å²) in [4.78, 5) is 6.39. The highest BCUT2D eigenvalue weighted by Crippen LogP contribution is 2.22. The van der Waals surface area contributed by atoms with Crippen molar-refractivity contribution in [2.45, 2.75) is 13.0 Å². The predicted molar refractivity (Wildman–Crippen MR) is 62.4 cm³/mol. The van der Waals surface area contributed by atoms with Gasteiger partial charge >= 0.3 is 0 Å². The Balaban J connectivity index is 2.16. The first-order valence-corrected chi connectivity index (χ1v) is 5.40. The number of nitrogens with zero attached hydrogens (tertiary/aromatic N) is 2. The van der Waals surface area contributed by atoms with Gasteiger partial charge in [0.1, 0.15) is 0 Å². The Morgan fingerprint density at radius 1 is 1.69 bits per heavy atom. The molecule has 0 spiro atoms. The summed E-state index contributed by atoms with van der Waals surface area (Å²) >= 11 is 0. The summed E-state index contributed by atoms with van der Waals surface area (Å²) in [6, 6.07) is 1.91. The minimum atomic E-state index is -0.142. The molecule has 0 bridgehead atoms. The molecule has 88 valence electrons. The van der Waals surface area contributed by atoms with E-state index in [1.54, 1.807) is 6.20 Å². The van der Waals surface area contributed by atoms with E-state index in [0.717, 1.165) is 17.9 Å². The molecule has 2 rings (SSSR count). The first kappa shape index (κ1) is 11.2. The fourth-order valence-corrected chi connectivity index (χ4v) is 1.87. The Hall–Kier alpha value is -1.33. The van der Waals surface area contributed by atoms with Gasteiger partial charge in [-0.05, 0) is 18.6 Å². The van der Waals surface area contributed by atoms with Gasteiger partial charge in [0, 0.05) is 19.3 Å². The molecular formula is C11H17N3O2. The summed E-state index contributed by atoms with van der Waals surface area (Å²) in [6.45, 7) is 3.99. The molecule has 1 saturated heterocycles. The molecule has 1 aromatic heterocycles. The SMILES string of the molecule is Cc1cnc(N2CCOC(CO)C2)c(N)c1. The zero-order chi connectivity index (χ0) is 11.5. The molecule has 0 radical (unpaired) electrons. The molecule has 5 nitrogen and oxygen atoms in total. The number of morpholine rings is 1. The number of aliphatic hydroxyl groups excluding tert-OH is 1. The van der Waals surface area contributed by atoms with Gasteiger partial charge in [0.05, 0.1) is 25.0 Å². The van der Waals surface area contributed by atoms with Gasteiger partial charge in [-0.25, -0.2) is 4.98 Å². The average molecular weight is 223 g/mol. The first-order valence-electron chi connectivity index (χ1n) is 5.40. The minimum Gasteiger partial charge on any atom is -0.396 e. The van der Waals surface area contributed by atoms with Crippen LogP contribution in [-0.4, -0.2) is 42.5 Å². The maximum absolute atomic E-state index is 9.07. The Labute approximate surface area is 94.8 Å². The number of aromatic nitrogens is 1. The van der Waals surface area contributed by atoms with Gasteiger partial charge < -0.3 is 20.5 Å². The molecule has 2 heterocycles. The van der Waals surface area contributed by atoms with E-state index in [4.69, 9.17) is 15.6 Å². The second-order valence-electron chi connectivity index (χ2n) is 4.05. The second kappa shape index (κ2) is 4.67. The maximum Gasteiger partial charge on any atom is 0.151 e. The highest BCUT2D eigenvalue weighted by Gasteiger charge is 2.22. The summed E-state index contributed by atoms with van der Waals surface area (Å²) in [6.07, 6.45) is 1.66. The van der Waals surface area contributed by atoms with Gasteiger partial charge in [-0.3, -0.25) is 0 Å². The number of aryl methyl sites for hydroxylation is 1. The van der Waals surface area contributed by atoms with Crippen molar-refractivity contribution in [2.24, 2.45) is 0 Å². The Morgan fingerprint density at radius 3 is 3.19 bits per heavy atom. The maximum atomic E-state index is 9.07. The van der Waals surface area contributed by atoms with Crippen LogP contribution in [0.1, 0.15) is 5.56 Å². The second-order valence-corrected chi connectivity index (χ2v) is 4.05. The molecule has 0 amide bonds. The number of pyridine rings is 1. The van der Waals surface area contributed by atoms with Gasteiger partial charge in [-0.1, -0.05) is 0 Å². The molecule has 0 saturated carbocycles. The smallest absolute Gasteiger partial charge is 0.151 e. The van der Waals surface area contributed by atoms with Gasteiger partial charge in [0.25, 0.3) is 0 Å². The van der Waals surface area contributed by atoms with E-state index in [1.807, 2.05) is 13.0 Å². The van der Waals surface area contributed by atoms with E-state index < -0.39 is 0 Å². The molecule has 16 heavy (non-hydrogen) atoms. The van der Waals surface area contributed by atoms with Crippen LogP contribution in [-0.2, 0) is 4.74 Å². The van der Waals surface area contributed by atoms with Crippen molar-refractivity contribution in [1.29, 1.82) is 0 Å². The number of nitrogen functional groups attached to an aromatic ring is 1. The van der Waals surface area contributed by atoms with E-state index >= 15 is 0 Å². The van der Waals surface area contributed by atoms with Gasteiger partial charge in [0.2, 0.25) is 0 Å². The van der Waals surface area contributed by atoms with Gasteiger partial charge in [-0.2, -0.15) is 0 Å². The molecule has 1 aromatic rings. The van der Waals surface area contributed by atoms with Crippen LogP contribution in [0.15, 0.2) is 12.3 Å². The highest BCUT2D eigenvalue weighted by molar-refractivity contribution is 5.63. The fraction of sp³-hybridized carbons (Fsp3) is 0.545. The lowest BCUT2D eigenvalue weighted by Gasteiger charge is -2.33. The van der Waals surface area contributed by atoms with Crippen LogP contribution in [0.25, 0.3) is 0 Å². The third-order valence-electron chi connectivity index (χ3n) is 2.67. The van der Waals surface area contributed by atoms with E-state index in [-0.39, 0.29) is 12.7 Å². The zero-order valence-electron chi connectivity index (χ0n) is 9.39. The van der Waals surface area contributed by atoms with Crippen LogP contribution >= 0.6 is 0 Å². The number of aliphatic hydroxyl groups is 1. The minimum absolute atomic E-state index is 0.0300. The standard InChI is InChI=1S/C11H17N3O2/c1-8-4-10(12)11(13-5-8)14-2-3-16-9(6-14)7-15/h4-5,9,15H,2-3,6-7,12H2,1H3. The van der Waals surface area contributed by atoms with Crippen LogP contribution < -0.4 is 10.6 Å². The summed E-state index contributed by atoms with van der Waals surface area (Å²) < 4.78 is 5.38. The van der Waals surface area contributed by atoms with Crippen LogP contribution in [0.3, 0.4) is 0 Å². The normalized spacial score (nSPS) is 21.1. The van der Waals surface area contributed by atoms with E-state index in [0.29, 0.717) is 18.8 Å². The van der Waals surface area contributed by atoms with E-state index in [1.165, 1.54) is 0 Å². The lowest BCUT2D eigenvalue weighted by Crippen LogP contribution is -2.44. The topological polar surface area (TPSA) is 71.6 Å². The fourth-order valence-electron chi connectivity index (χ4n) is 1.87. The van der Waals surface area contributed by atoms with Crippen molar-refractivity contribution < 1.29 is 9.84 Å².